The molecule has 0 bridgehead atoms. The minimum absolute atomic E-state index is 0.0220. The lowest BCUT2D eigenvalue weighted by molar-refractivity contribution is 0.0719. The molecule has 0 saturated carbocycles. The molecule has 0 N–H and O–H groups in total. The first kappa shape index (κ1) is 16.7. The van der Waals surface area contributed by atoms with Gasteiger partial charge in [0.05, 0.1) is 5.69 Å². The molecule has 0 aliphatic carbocycles. The van der Waals surface area contributed by atoms with Crippen LogP contribution in [0.15, 0.2) is 40.9 Å². The average Bonchev–Trinajstić information content (AvgIpc) is 2.90. The largest absolute Gasteiger partial charge is 0.351 e. The van der Waals surface area contributed by atoms with Crippen LogP contribution in [-0.4, -0.2) is 29.1 Å². The summed E-state index contributed by atoms with van der Waals surface area (Å²) in [6.07, 6.45) is 4.00. The van der Waals surface area contributed by atoms with Crippen molar-refractivity contribution in [3.05, 3.63) is 53.4 Å². The molecule has 24 heavy (non-hydrogen) atoms. The van der Waals surface area contributed by atoms with Gasteiger partial charge in [0.15, 0.2) is 0 Å². The van der Waals surface area contributed by atoms with E-state index in [0.29, 0.717) is 17.6 Å². The van der Waals surface area contributed by atoms with Gasteiger partial charge in [-0.25, -0.2) is 0 Å². The van der Waals surface area contributed by atoms with Gasteiger partial charge < -0.3 is 9.42 Å². The lowest BCUT2D eigenvalue weighted by atomic mass is 9.92. The summed E-state index contributed by atoms with van der Waals surface area (Å²) in [5, 5.41) is 4.04. The Balaban J connectivity index is 1.63. The Kier molecular flexibility index (Phi) is 5.34. The van der Waals surface area contributed by atoms with E-state index in [0.717, 1.165) is 44.5 Å². The molecular formula is C20H26N2O2. The van der Waals surface area contributed by atoms with Crippen LogP contribution in [0, 0.1) is 5.92 Å². The van der Waals surface area contributed by atoms with E-state index in [1.54, 1.807) is 0 Å². The highest BCUT2D eigenvalue weighted by molar-refractivity contribution is 5.91. The summed E-state index contributed by atoms with van der Waals surface area (Å²) >= 11 is 0. The summed E-state index contributed by atoms with van der Waals surface area (Å²) in [5.74, 6) is 1.40. The number of aromatic nitrogens is 1. The van der Waals surface area contributed by atoms with Gasteiger partial charge in [-0.2, -0.15) is 0 Å². The molecule has 2 aromatic rings. The molecule has 128 valence electrons. The molecule has 1 aromatic heterocycles. The van der Waals surface area contributed by atoms with Crippen LogP contribution in [0.4, 0.5) is 0 Å². The van der Waals surface area contributed by atoms with Crippen molar-refractivity contribution >= 4 is 5.91 Å². The number of benzene rings is 1. The first-order chi connectivity index (χ1) is 11.6. The zero-order chi connectivity index (χ0) is 16.9. The predicted octanol–water partition coefficient (Wildman–Crippen LogP) is 4.28. The van der Waals surface area contributed by atoms with Gasteiger partial charge in [0.25, 0.3) is 5.91 Å². The standard InChI is InChI=1S/C20H26N2O2/c1-15(2)13-18-14-19(24-21-18)20(23)22-11-6-9-17(10-12-22)16-7-4-3-5-8-16/h3-5,7-8,14-15,17H,6,9-13H2,1-2H3/t17-/m0/s1. The van der Waals surface area contributed by atoms with Crippen molar-refractivity contribution in [3.8, 4) is 0 Å². The van der Waals surface area contributed by atoms with Crippen LogP contribution in [0.1, 0.15) is 60.8 Å². The zero-order valence-corrected chi connectivity index (χ0v) is 14.6. The van der Waals surface area contributed by atoms with E-state index in [4.69, 9.17) is 4.52 Å². The van der Waals surface area contributed by atoms with Crippen LogP contribution < -0.4 is 0 Å². The molecule has 0 spiro atoms. The third-order valence-corrected chi connectivity index (χ3v) is 4.67. The van der Waals surface area contributed by atoms with Crippen molar-refractivity contribution in [1.29, 1.82) is 0 Å². The summed E-state index contributed by atoms with van der Waals surface area (Å²) in [5.41, 5.74) is 2.25. The number of carbonyl (C=O) groups excluding carboxylic acids is 1. The quantitative estimate of drug-likeness (QED) is 0.842. The minimum atomic E-state index is -0.0220. The van der Waals surface area contributed by atoms with E-state index in [1.165, 1.54) is 5.56 Å². The van der Waals surface area contributed by atoms with Crippen molar-refractivity contribution in [2.24, 2.45) is 5.92 Å². The molecule has 0 unspecified atom stereocenters. The Labute approximate surface area is 143 Å². The lowest BCUT2D eigenvalue weighted by Crippen LogP contribution is -2.31. The molecule has 1 saturated heterocycles. The van der Waals surface area contributed by atoms with Crippen molar-refractivity contribution in [1.82, 2.24) is 10.1 Å². The fraction of sp³-hybridized carbons (Fsp3) is 0.500. The normalized spacial score (nSPS) is 18.6. The summed E-state index contributed by atoms with van der Waals surface area (Å²) in [4.78, 5) is 14.6. The van der Waals surface area contributed by atoms with E-state index in [2.05, 4.69) is 49.3 Å². The van der Waals surface area contributed by atoms with Crippen LogP contribution in [0.5, 0.6) is 0 Å². The van der Waals surface area contributed by atoms with Gasteiger partial charge in [0.2, 0.25) is 5.76 Å². The van der Waals surface area contributed by atoms with Crippen molar-refractivity contribution in [3.63, 3.8) is 0 Å². The van der Waals surface area contributed by atoms with Crippen LogP contribution in [0.2, 0.25) is 0 Å². The summed E-state index contributed by atoms with van der Waals surface area (Å²) in [7, 11) is 0. The lowest BCUT2D eigenvalue weighted by Gasteiger charge is -2.19. The molecule has 4 heteroatoms. The highest BCUT2D eigenvalue weighted by Crippen LogP contribution is 2.28. The monoisotopic (exact) mass is 326 g/mol. The average molecular weight is 326 g/mol. The second kappa shape index (κ2) is 7.65. The van der Waals surface area contributed by atoms with Crippen molar-refractivity contribution < 1.29 is 9.32 Å². The van der Waals surface area contributed by atoms with Gasteiger partial charge in [-0.3, -0.25) is 4.79 Å². The topological polar surface area (TPSA) is 46.3 Å². The Morgan fingerprint density at radius 1 is 1.25 bits per heavy atom. The van der Waals surface area contributed by atoms with Gasteiger partial charge in [-0.05, 0) is 43.1 Å². The van der Waals surface area contributed by atoms with E-state index in [-0.39, 0.29) is 5.91 Å². The Morgan fingerprint density at radius 3 is 2.79 bits per heavy atom. The highest BCUT2D eigenvalue weighted by Gasteiger charge is 2.25. The molecular weight excluding hydrogens is 300 g/mol. The van der Waals surface area contributed by atoms with Gasteiger partial charge in [-0.15, -0.1) is 0 Å². The third-order valence-electron chi connectivity index (χ3n) is 4.67. The van der Waals surface area contributed by atoms with Gasteiger partial charge in [0.1, 0.15) is 0 Å². The number of rotatable bonds is 4. The Hall–Kier alpha value is -2.10. The number of hydrogen-bond donors (Lipinski definition) is 0. The minimum Gasteiger partial charge on any atom is -0.351 e. The van der Waals surface area contributed by atoms with Crippen molar-refractivity contribution in [2.75, 3.05) is 13.1 Å². The number of nitrogens with zero attached hydrogens (tertiary/aromatic N) is 2. The van der Waals surface area contributed by atoms with Gasteiger partial charge >= 0.3 is 0 Å². The first-order valence-electron chi connectivity index (χ1n) is 8.93. The number of hydrogen-bond acceptors (Lipinski definition) is 3. The smallest absolute Gasteiger partial charge is 0.292 e. The maximum atomic E-state index is 12.7. The SMILES string of the molecule is CC(C)Cc1cc(C(=O)N2CCC[C@H](c3ccccc3)CC2)on1. The van der Waals surface area contributed by atoms with Crippen LogP contribution in [0.25, 0.3) is 0 Å². The molecule has 1 atom stereocenters. The van der Waals surface area contributed by atoms with Gasteiger partial charge in [0, 0.05) is 19.2 Å². The molecule has 1 amide bonds. The van der Waals surface area contributed by atoms with E-state index < -0.39 is 0 Å². The fourth-order valence-electron chi connectivity index (χ4n) is 3.44. The maximum absolute atomic E-state index is 12.7. The molecule has 1 aromatic carbocycles. The van der Waals surface area contributed by atoms with Gasteiger partial charge in [-0.1, -0.05) is 49.3 Å². The summed E-state index contributed by atoms with van der Waals surface area (Å²) in [6.45, 7) is 5.84. The van der Waals surface area contributed by atoms with Crippen LogP contribution >= 0.6 is 0 Å². The molecule has 1 fully saturated rings. The zero-order valence-electron chi connectivity index (χ0n) is 14.6. The number of amides is 1. The second-order valence-corrected chi connectivity index (χ2v) is 7.11. The molecule has 1 aliphatic heterocycles. The molecule has 2 heterocycles. The Morgan fingerprint density at radius 2 is 2.04 bits per heavy atom. The van der Waals surface area contributed by atoms with E-state index in [9.17, 15) is 4.79 Å². The highest BCUT2D eigenvalue weighted by atomic mass is 16.5. The fourth-order valence-corrected chi connectivity index (χ4v) is 3.44. The van der Waals surface area contributed by atoms with Crippen molar-refractivity contribution in [2.45, 2.75) is 45.4 Å². The maximum Gasteiger partial charge on any atom is 0.292 e. The first-order valence-corrected chi connectivity index (χ1v) is 8.93. The van der Waals surface area contributed by atoms with E-state index >= 15 is 0 Å². The predicted molar refractivity (Wildman–Crippen MR) is 94.0 cm³/mol. The summed E-state index contributed by atoms with van der Waals surface area (Å²) in [6, 6.07) is 12.4. The molecule has 3 rings (SSSR count). The second-order valence-electron chi connectivity index (χ2n) is 7.11. The molecule has 4 nitrogen and oxygen atoms in total. The van der Waals surface area contributed by atoms with Crippen LogP contribution in [0.3, 0.4) is 0 Å². The van der Waals surface area contributed by atoms with E-state index in [1.807, 2.05) is 11.0 Å². The molecule has 0 radical (unpaired) electrons. The third kappa shape index (κ3) is 4.05. The Bertz CT molecular complexity index is 663. The number of carbonyl (C=O) groups is 1. The summed E-state index contributed by atoms with van der Waals surface area (Å²) < 4.78 is 5.29. The number of likely N-dealkylation sites (tertiary alicyclic amines) is 1. The molecule has 1 aliphatic rings. The van der Waals surface area contributed by atoms with Crippen LogP contribution in [-0.2, 0) is 6.42 Å².